The number of esters is 1. The number of carbonyl (C=O) groups is 1. The molecule has 0 saturated carbocycles. The molecule has 7 aromatic rings. The molecule has 0 N–H and O–H groups in total. The monoisotopic (exact) mass is 962 g/mol. The maximum absolute atomic E-state index is 15.1. The molecule has 0 fully saturated rings. The van der Waals surface area contributed by atoms with Crippen molar-refractivity contribution in [2.45, 2.75) is 58.2 Å². The van der Waals surface area contributed by atoms with Gasteiger partial charge in [-0.15, -0.1) is 0 Å². The Morgan fingerprint density at radius 3 is 1.28 bits per heavy atom. The van der Waals surface area contributed by atoms with E-state index in [9.17, 15) is 14.9 Å². The highest BCUT2D eigenvalue weighted by Crippen LogP contribution is 2.29. The van der Waals surface area contributed by atoms with Gasteiger partial charge in [-0.25, -0.2) is 4.79 Å². The van der Waals surface area contributed by atoms with Gasteiger partial charge in [-0.2, -0.15) is 0 Å². The average Bonchev–Trinajstić information content (AvgIpc) is 3.40. The molecule has 0 aliphatic rings. The van der Waals surface area contributed by atoms with Crippen molar-refractivity contribution < 1.29 is 47.6 Å². The Kier molecular flexibility index (Phi) is 20.2. The number of hydrogen-bond donors (Lipinski definition) is 0. The molecule has 0 radical (unpaired) electrons. The molecular weight excluding hydrogens is 905 g/mol. The quantitative estimate of drug-likeness (QED) is 0.0190. The number of nitrogens with zero attached hydrogens (tertiary/aromatic N) is 2. The minimum Gasteiger partial charge on any atom is -0.482 e. The molecule has 7 rings (SSSR count). The van der Waals surface area contributed by atoms with E-state index in [1.165, 1.54) is 34.9 Å². The zero-order valence-electron chi connectivity index (χ0n) is 39.6. The predicted octanol–water partition coefficient (Wildman–Crippen LogP) is 10.0. The third kappa shape index (κ3) is 16.4. The zero-order chi connectivity index (χ0) is 49.5. The summed E-state index contributed by atoms with van der Waals surface area (Å²) >= 11 is 0. The minimum atomic E-state index is -1.02. The topological polar surface area (TPSA) is 156 Å². The largest absolute Gasteiger partial charge is 0.482 e. The van der Waals surface area contributed by atoms with Gasteiger partial charge in [-0.3, -0.25) is 14.9 Å². The number of ether oxygens (including phenoxy) is 8. The summed E-state index contributed by atoms with van der Waals surface area (Å²) in [5.41, 5.74) is 3.70. The van der Waals surface area contributed by atoms with E-state index in [1.54, 1.807) is 6.92 Å². The number of nitro groups is 1. The Morgan fingerprint density at radius 1 is 0.521 bits per heavy atom. The van der Waals surface area contributed by atoms with Crippen LogP contribution in [0.5, 0.6) is 11.5 Å². The van der Waals surface area contributed by atoms with Crippen molar-refractivity contribution in [1.82, 2.24) is 4.57 Å². The van der Waals surface area contributed by atoms with Crippen LogP contribution in [0.2, 0.25) is 0 Å². The lowest BCUT2D eigenvalue weighted by atomic mass is 10.1. The van der Waals surface area contributed by atoms with Crippen molar-refractivity contribution in [3.05, 3.63) is 242 Å². The van der Waals surface area contributed by atoms with Crippen LogP contribution in [0.15, 0.2) is 187 Å². The van der Waals surface area contributed by atoms with Crippen molar-refractivity contribution in [3.63, 3.8) is 0 Å². The van der Waals surface area contributed by atoms with Gasteiger partial charge in [-0.1, -0.05) is 164 Å². The fourth-order valence-corrected chi connectivity index (χ4v) is 7.56. The molecule has 0 amide bonds. The van der Waals surface area contributed by atoms with Crippen LogP contribution in [0, 0.1) is 17.0 Å². The van der Waals surface area contributed by atoms with Crippen LogP contribution in [0.25, 0.3) is 0 Å². The summed E-state index contributed by atoms with van der Waals surface area (Å²) in [5, 5.41) is 11.9. The number of hydrogen-bond acceptors (Lipinski definition) is 12. The summed E-state index contributed by atoms with van der Waals surface area (Å²) in [6.07, 6.45) is -1.19. The summed E-state index contributed by atoms with van der Waals surface area (Å²) in [5.74, 6) is -1.63. The number of pyridine rings is 1. The first-order chi connectivity index (χ1) is 34.8. The molecule has 368 valence electrons. The Hall–Kier alpha value is -7.30. The van der Waals surface area contributed by atoms with Gasteiger partial charge in [0.15, 0.2) is 5.75 Å². The smallest absolute Gasteiger partial charge is 0.347 e. The molecule has 1 aromatic heterocycles. The Bertz CT molecular complexity index is 2550. The summed E-state index contributed by atoms with van der Waals surface area (Å²) in [6.45, 7) is 3.44. The van der Waals surface area contributed by atoms with Gasteiger partial charge in [0.2, 0.25) is 5.75 Å². The molecule has 14 nitrogen and oxygen atoms in total. The third-order valence-corrected chi connectivity index (χ3v) is 11.2. The van der Waals surface area contributed by atoms with Gasteiger partial charge < -0.3 is 42.5 Å². The van der Waals surface area contributed by atoms with Crippen molar-refractivity contribution in [2.24, 2.45) is 0 Å². The number of para-hydroxylation sites is 2. The molecular formula is C57H58N2O12. The number of aryl methyl sites for hydroxylation is 1. The lowest BCUT2D eigenvalue weighted by Gasteiger charge is -2.28. The molecule has 71 heavy (non-hydrogen) atoms. The third-order valence-electron chi connectivity index (χ3n) is 11.2. The summed E-state index contributed by atoms with van der Waals surface area (Å²) < 4.78 is 51.4. The van der Waals surface area contributed by atoms with Crippen LogP contribution in [-0.2, 0) is 61.5 Å². The van der Waals surface area contributed by atoms with Crippen LogP contribution in [0.3, 0.4) is 0 Å². The number of aromatic nitrogens is 1. The molecule has 0 saturated heterocycles. The maximum Gasteiger partial charge on any atom is 0.347 e. The lowest BCUT2D eigenvalue weighted by Crippen LogP contribution is -2.38. The molecule has 0 aliphatic carbocycles. The standard InChI is InChI=1S/C57H58N2O12/c1-43-31-52(57(61)71-54-30-18-17-29-53(54)59(62)63)55(70-36-48-27-15-6-16-28-48)56(60)58(43)49(37-68-50(39-64-32-44-19-7-2-8-20-44)40-65-33-45-21-9-3-10-22-45)38-69-51(41-66-34-46-23-11-4-12-24-46)42-67-35-47-25-13-5-14-26-47/h2-31,49-51H,32-42H2,1H3. The van der Waals surface area contributed by atoms with Gasteiger partial charge in [0.25, 0.3) is 5.56 Å². The van der Waals surface area contributed by atoms with Crippen LogP contribution < -0.4 is 15.0 Å². The molecule has 0 atom stereocenters. The second-order valence-electron chi connectivity index (χ2n) is 16.7. The Balaban J connectivity index is 1.20. The van der Waals surface area contributed by atoms with Gasteiger partial charge in [0, 0.05) is 11.8 Å². The molecule has 1 heterocycles. The van der Waals surface area contributed by atoms with Crippen molar-refractivity contribution in [2.75, 3.05) is 39.6 Å². The Morgan fingerprint density at radius 2 is 0.887 bits per heavy atom. The predicted molar refractivity (Wildman–Crippen MR) is 267 cm³/mol. The second kappa shape index (κ2) is 27.8. The van der Waals surface area contributed by atoms with Crippen molar-refractivity contribution in [3.8, 4) is 11.5 Å². The highest BCUT2D eigenvalue weighted by atomic mass is 16.6. The molecule has 0 aliphatic heterocycles. The van der Waals surface area contributed by atoms with E-state index in [-0.39, 0.29) is 63.3 Å². The van der Waals surface area contributed by atoms with E-state index in [0.717, 1.165) is 27.8 Å². The number of carbonyl (C=O) groups excluding carboxylic acids is 1. The van der Waals surface area contributed by atoms with Gasteiger partial charge in [-0.05, 0) is 46.9 Å². The average molecular weight is 963 g/mol. The van der Waals surface area contributed by atoms with Crippen molar-refractivity contribution in [1.29, 1.82) is 0 Å². The first kappa shape index (κ1) is 51.5. The highest BCUT2D eigenvalue weighted by molar-refractivity contribution is 5.94. The van der Waals surface area contributed by atoms with Crippen LogP contribution in [0.1, 0.15) is 49.9 Å². The Labute approximate surface area is 413 Å². The summed E-state index contributed by atoms with van der Waals surface area (Å²) in [7, 11) is 0. The lowest BCUT2D eigenvalue weighted by molar-refractivity contribution is -0.385. The van der Waals surface area contributed by atoms with Gasteiger partial charge in [0.05, 0.1) is 77.0 Å². The van der Waals surface area contributed by atoms with Crippen LogP contribution in [-0.4, -0.2) is 67.3 Å². The van der Waals surface area contributed by atoms with Crippen LogP contribution >= 0.6 is 0 Å². The molecule has 6 aromatic carbocycles. The van der Waals surface area contributed by atoms with E-state index in [1.807, 2.05) is 152 Å². The molecule has 0 spiro atoms. The first-order valence-electron chi connectivity index (χ1n) is 23.4. The summed E-state index contributed by atoms with van der Waals surface area (Å²) in [6, 6.07) is 54.4. The first-order valence-corrected chi connectivity index (χ1v) is 23.4. The van der Waals surface area contributed by atoms with E-state index >= 15 is 4.79 Å². The van der Waals surface area contributed by atoms with Crippen LogP contribution in [0.4, 0.5) is 5.69 Å². The fourth-order valence-electron chi connectivity index (χ4n) is 7.56. The highest BCUT2D eigenvalue weighted by Gasteiger charge is 2.29. The second-order valence-corrected chi connectivity index (χ2v) is 16.7. The van der Waals surface area contributed by atoms with E-state index in [4.69, 9.17) is 37.9 Å². The van der Waals surface area contributed by atoms with E-state index in [0.29, 0.717) is 32.1 Å². The van der Waals surface area contributed by atoms with Gasteiger partial charge >= 0.3 is 11.7 Å². The number of nitro benzene ring substituents is 1. The number of benzene rings is 6. The SMILES string of the molecule is Cc1cc(C(=O)Oc2ccccc2[N+](=O)[O-])c(OCc2ccccc2)c(=O)n1C(COC(COCc1ccccc1)COCc1ccccc1)COC(COCc1ccccc1)COCc1ccccc1. The minimum absolute atomic E-state index is 0.0740. The van der Waals surface area contributed by atoms with Gasteiger partial charge in [0.1, 0.15) is 24.4 Å². The fraction of sp³-hybridized carbons (Fsp3) is 0.263. The van der Waals surface area contributed by atoms with E-state index in [2.05, 4.69) is 0 Å². The van der Waals surface area contributed by atoms with E-state index < -0.39 is 40.4 Å². The number of rotatable bonds is 29. The molecule has 0 bridgehead atoms. The summed E-state index contributed by atoms with van der Waals surface area (Å²) in [4.78, 5) is 40.4. The zero-order valence-corrected chi connectivity index (χ0v) is 39.6. The van der Waals surface area contributed by atoms with Crippen molar-refractivity contribution >= 4 is 11.7 Å². The molecule has 14 heteroatoms. The maximum atomic E-state index is 15.1. The normalized spacial score (nSPS) is 11.3. The molecule has 0 unspecified atom stereocenters.